The van der Waals surface area contributed by atoms with E-state index in [0.717, 1.165) is 11.4 Å². The van der Waals surface area contributed by atoms with E-state index >= 15 is 0 Å². The van der Waals surface area contributed by atoms with Gasteiger partial charge in [0, 0.05) is 11.9 Å². The van der Waals surface area contributed by atoms with Crippen LogP contribution in [0, 0.1) is 0 Å². The zero-order valence-electron chi connectivity index (χ0n) is 16.5. The molecular weight excluding hydrogens is 380 g/mol. The molecule has 0 amide bonds. The summed E-state index contributed by atoms with van der Waals surface area (Å²) >= 11 is 5.24. The van der Waals surface area contributed by atoms with Gasteiger partial charge in [0.15, 0.2) is 5.11 Å². The topological polar surface area (TPSA) is 67.1 Å². The summed E-state index contributed by atoms with van der Waals surface area (Å²) in [6.07, 6.45) is 7.12. The number of benzene rings is 2. The third-order valence-corrected chi connectivity index (χ3v) is 4.37. The average Bonchev–Trinajstić information content (AvgIpc) is 3.16. The first-order valence-corrected chi connectivity index (χ1v) is 9.82. The summed E-state index contributed by atoms with van der Waals surface area (Å²) in [5.41, 5.74) is 6.95. The molecule has 2 N–H and O–H groups in total. The first kappa shape index (κ1) is 20.4. The van der Waals surface area contributed by atoms with Gasteiger partial charge in [0.25, 0.3) is 0 Å². The first-order chi connectivity index (χ1) is 14.1. The predicted octanol–water partition coefficient (Wildman–Crippen LogP) is 4.44. The second kappa shape index (κ2) is 10.3. The summed E-state index contributed by atoms with van der Waals surface area (Å²) in [6, 6.07) is 18.3. The van der Waals surface area contributed by atoms with E-state index in [1.165, 1.54) is 11.1 Å². The van der Waals surface area contributed by atoms with Crippen molar-refractivity contribution in [3.05, 3.63) is 83.7 Å². The van der Waals surface area contributed by atoms with Crippen molar-refractivity contribution in [2.24, 2.45) is 5.10 Å². The zero-order chi connectivity index (χ0) is 20.5. The molecule has 0 bridgehead atoms. The molecule has 0 aliphatic carbocycles. The highest BCUT2D eigenvalue weighted by Crippen LogP contribution is 2.16. The smallest absolute Gasteiger partial charge is 0.191 e. The van der Waals surface area contributed by atoms with Crippen LogP contribution in [-0.2, 0) is 6.54 Å². The number of hydrazone groups is 1. The second-order valence-corrected chi connectivity index (χ2v) is 7.21. The van der Waals surface area contributed by atoms with Crippen molar-refractivity contribution >= 4 is 35.3 Å². The Balaban J connectivity index is 1.43. The number of nitrogens with one attached hydrogen (secondary N) is 2. The summed E-state index contributed by atoms with van der Waals surface area (Å²) in [4.78, 5) is 0. The van der Waals surface area contributed by atoms with Gasteiger partial charge >= 0.3 is 0 Å². The van der Waals surface area contributed by atoms with Gasteiger partial charge in [-0.1, -0.05) is 61.5 Å². The fraction of sp³-hybridized carbons (Fsp3) is 0.182. The molecule has 7 heteroatoms. The molecule has 3 aromatic rings. The second-order valence-electron chi connectivity index (χ2n) is 6.81. The molecule has 0 fully saturated rings. The summed E-state index contributed by atoms with van der Waals surface area (Å²) in [7, 11) is 0. The number of aromatic nitrogens is 3. The lowest BCUT2D eigenvalue weighted by Crippen LogP contribution is -2.23. The molecule has 0 atom stereocenters. The minimum absolute atomic E-state index is 0.431. The molecule has 0 aliphatic rings. The fourth-order valence-corrected chi connectivity index (χ4v) is 2.80. The standard InChI is InChI=1S/C22H24N6S/c1-17(2)19-10-12-20(13-11-19)24-22(29)26-23-14-6-9-21-16-28(27-25-21)15-18-7-4-3-5-8-18/h3-14,16-17H,15H2,1-2H3,(H2,24,26,29)/b9-6+,23-14-. The van der Waals surface area contributed by atoms with E-state index in [-0.39, 0.29) is 0 Å². The maximum absolute atomic E-state index is 5.24. The quantitative estimate of drug-likeness (QED) is 0.346. The van der Waals surface area contributed by atoms with E-state index in [1.54, 1.807) is 17.0 Å². The molecule has 0 saturated carbocycles. The van der Waals surface area contributed by atoms with Crippen LogP contribution in [0.4, 0.5) is 5.69 Å². The molecule has 0 spiro atoms. The molecule has 1 aromatic heterocycles. The van der Waals surface area contributed by atoms with Gasteiger partial charge in [-0.3, -0.25) is 5.43 Å². The summed E-state index contributed by atoms with van der Waals surface area (Å²) < 4.78 is 1.80. The van der Waals surface area contributed by atoms with E-state index in [0.29, 0.717) is 17.6 Å². The molecule has 0 saturated heterocycles. The van der Waals surface area contributed by atoms with Crippen molar-refractivity contribution in [2.75, 3.05) is 5.32 Å². The predicted molar refractivity (Wildman–Crippen MR) is 123 cm³/mol. The van der Waals surface area contributed by atoms with Gasteiger partial charge in [0.1, 0.15) is 5.69 Å². The van der Waals surface area contributed by atoms with Gasteiger partial charge in [-0.2, -0.15) is 5.10 Å². The van der Waals surface area contributed by atoms with Crippen LogP contribution in [0.15, 0.2) is 72.0 Å². The highest BCUT2D eigenvalue weighted by atomic mass is 32.1. The van der Waals surface area contributed by atoms with E-state index in [4.69, 9.17) is 12.2 Å². The zero-order valence-corrected chi connectivity index (χ0v) is 17.3. The summed E-state index contributed by atoms with van der Waals surface area (Å²) in [5.74, 6) is 0.505. The van der Waals surface area contributed by atoms with E-state index in [9.17, 15) is 0 Å². The van der Waals surface area contributed by atoms with E-state index < -0.39 is 0 Å². The Kier molecular flexibility index (Phi) is 7.24. The molecule has 3 rings (SSSR count). The number of anilines is 1. The number of thiocarbonyl (C=S) groups is 1. The minimum atomic E-state index is 0.431. The molecule has 0 aliphatic heterocycles. The SMILES string of the molecule is CC(C)c1ccc(NC(=S)N/N=C\C=C\c2cn(Cc3ccccc3)nn2)cc1. The van der Waals surface area contributed by atoms with Gasteiger partial charge in [-0.15, -0.1) is 5.10 Å². The van der Waals surface area contributed by atoms with Crippen LogP contribution in [0.25, 0.3) is 6.08 Å². The summed E-state index contributed by atoms with van der Waals surface area (Å²) in [6.45, 7) is 5.02. The Morgan fingerprint density at radius 2 is 1.90 bits per heavy atom. The molecule has 1 heterocycles. The van der Waals surface area contributed by atoms with E-state index in [2.05, 4.69) is 64.3 Å². The Bertz CT molecular complexity index is 974. The third-order valence-electron chi connectivity index (χ3n) is 4.17. The van der Waals surface area contributed by atoms with Crippen LogP contribution in [0.3, 0.4) is 0 Å². The molecule has 29 heavy (non-hydrogen) atoms. The van der Waals surface area contributed by atoms with Crippen molar-refractivity contribution < 1.29 is 0 Å². The first-order valence-electron chi connectivity index (χ1n) is 9.41. The van der Waals surface area contributed by atoms with Crippen molar-refractivity contribution in [1.82, 2.24) is 20.4 Å². The van der Waals surface area contributed by atoms with Gasteiger partial charge in [0.05, 0.1) is 12.7 Å². The number of hydrogen-bond acceptors (Lipinski definition) is 4. The average molecular weight is 405 g/mol. The molecule has 2 aromatic carbocycles. The van der Waals surface area contributed by atoms with Crippen LogP contribution >= 0.6 is 12.2 Å². The third kappa shape index (κ3) is 6.65. The Morgan fingerprint density at radius 1 is 1.14 bits per heavy atom. The molecule has 0 radical (unpaired) electrons. The highest BCUT2D eigenvalue weighted by molar-refractivity contribution is 7.80. The van der Waals surface area contributed by atoms with Crippen LogP contribution in [0.2, 0.25) is 0 Å². The van der Waals surface area contributed by atoms with Crippen LogP contribution < -0.4 is 10.7 Å². The van der Waals surface area contributed by atoms with Crippen LogP contribution in [-0.4, -0.2) is 26.3 Å². The number of nitrogens with zero attached hydrogens (tertiary/aromatic N) is 4. The highest BCUT2D eigenvalue weighted by Gasteiger charge is 2.00. The van der Waals surface area contributed by atoms with Gasteiger partial charge in [0.2, 0.25) is 0 Å². The minimum Gasteiger partial charge on any atom is -0.331 e. The lowest BCUT2D eigenvalue weighted by molar-refractivity contribution is 0.649. The fourth-order valence-electron chi connectivity index (χ4n) is 2.63. The number of rotatable bonds is 7. The lowest BCUT2D eigenvalue weighted by Gasteiger charge is -2.09. The molecule has 148 valence electrons. The normalized spacial score (nSPS) is 11.4. The van der Waals surface area contributed by atoms with E-state index in [1.807, 2.05) is 42.6 Å². The van der Waals surface area contributed by atoms with Crippen LogP contribution in [0.5, 0.6) is 0 Å². The largest absolute Gasteiger partial charge is 0.331 e. The van der Waals surface area contributed by atoms with Gasteiger partial charge in [-0.25, -0.2) is 4.68 Å². The van der Waals surface area contributed by atoms with Gasteiger partial charge in [-0.05, 0) is 53.5 Å². The van der Waals surface area contributed by atoms with Crippen LogP contribution in [0.1, 0.15) is 36.6 Å². The lowest BCUT2D eigenvalue weighted by atomic mass is 10.0. The Morgan fingerprint density at radius 3 is 2.62 bits per heavy atom. The molecule has 0 unspecified atom stereocenters. The molecule has 6 nitrogen and oxygen atoms in total. The van der Waals surface area contributed by atoms with Crippen molar-refractivity contribution in [3.8, 4) is 0 Å². The maximum atomic E-state index is 5.24. The van der Waals surface area contributed by atoms with Gasteiger partial charge < -0.3 is 5.32 Å². The monoisotopic (exact) mass is 404 g/mol. The summed E-state index contributed by atoms with van der Waals surface area (Å²) in [5, 5.41) is 15.9. The molecular formula is C22H24N6S. The Labute approximate surface area is 176 Å². The Hall–Kier alpha value is -3.32. The van der Waals surface area contributed by atoms with Crippen molar-refractivity contribution in [2.45, 2.75) is 26.3 Å². The van der Waals surface area contributed by atoms with Crippen molar-refractivity contribution in [1.29, 1.82) is 0 Å². The maximum Gasteiger partial charge on any atom is 0.191 e. The number of allylic oxidation sites excluding steroid dienone is 1. The van der Waals surface area contributed by atoms with Crippen molar-refractivity contribution in [3.63, 3.8) is 0 Å². The number of hydrogen-bond donors (Lipinski definition) is 2.